The van der Waals surface area contributed by atoms with Gasteiger partial charge in [0.15, 0.2) is 0 Å². The van der Waals surface area contributed by atoms with Crippen molar-refractivity contribution in [2.24, 2.45) is 11.1 Å². The van der Waals surface area contributed by atoms with Crippen molar-refractivity contribution in [3.63, 3.8) is 0 Å². The van der Waals surface area contributed by atoms with E-state index in [1.165, 1.54) is 18.4 Å². The minimum absolute atomic E-state index is 0.0483. The van der Waals surface area contributed by atoms with E-state index in [1.54, 1.807) is 0 Å². The van der Waals surface area contributed by atoms with E-state index in [4.69, 9.17) is 5.73 Å². The summed E-state index contributed by atoms with van der Waals surface area (Å²) < 4.78 is 0. The largest absolute Gasteiger partial charge is 0.321 e. The van der Waals surface area contributed by atoms with Crippen LogP contribution in [0.2, 0.25) is 0 Å². The molecule has 1 aliphatic carbocycles. The molecule has 1 nitrogen and oxygen atoms in total. The Hall–Kier alpha value is -0.820. The molecule has 2 N–H and O–H groups in total. The van der Waals surface area contributed by atoms with Crippen LogP contribution in [0, 0.1) is 5.41 Å². The molecule has 0 amide bonds. The van der Waals surface area contributed by atoms with Gasteiger partial charge >= 0.3 is 0 Å². The van der Waals surface area contributed by atoms with E-state index >= 15 is 0 Å². The van der Waals surface area contributed by atoms with Gasteiger partial charge < -0.3 is 5.73 Å². The van der Waals surface area contributed by atoms with E-state index in [0.717, 1.165) is 12.8 Å². The summed E-state index contributed by atoms with van der Waals surface area (Å²) in [6.07, 6.45) is 4.82. The van der Waals surface area contributed by atoms with Crippen LogP contribution in [0.15, 0.2) is 30.3 Å². The minimum atomic E-state index is -0.0483. The lowest BCUT2D eigenvalue weighted by atomic mass is 9.53. The van der Waals surface area contributed by atoms with Crippen molar-refractivity contribution in [1.82, 2.24) is 0 Å². The Bertz CT molecular complexity index is 316. The summed E-state index contributed by atoms with van der Waals surface area (Å²) in [4.78, 5) is 0. The van der Waals surface area contributed by atoms with Gasteiger partial charge in [-0.1, -0.05) is 57.0 Å². The van der Waals surface area contributed by atoms with Crippen LogP contribution in [-0.4, -0.2) is 0 Å². The third-order valence-corrected chi connectivity index (χ3v) is 4.23. The maximum absolute atomic E-state index is 6.45. The average Bonchev–Trinajstić information content (AvgIpc) is 2.26. The van der Waals surface area contributed by atoms with E-state index in [-0.39, 0.29) is 5.54 Å². The van der Waals surface area contributed by atoms with Crippen LogP contribution in [0.5, 0.6) is 0 Å². The molecular weight excluding hydrogens is 182 g/mol. The van der Waals surface area contributed by atoms with Gasteiger partial charge in [-0.05, 0) is 23.8 Å². The zero-order valence-electron chi connectivity index (χ0n) is 9.79. The molecule has 1 aromatic carbocycles. The van der Waals surface area contributed by atoms with Gasteiger partial charge in [0.05, 0.1) is 0 Å². The van der Waals surface area contributed by atoms with Crippen LogP contribution < -0.4 is 5.73 Å². The lowest BCUT2D eigenvalue weighted by Crippen LogP contribution is -2.55. The topological polar surface area (TPSA) is 26.0 Å². The van der Waals surface area contributed by atoms with E-state index < -0.39 is 0 Å². The van der Waals surface area contributed by atoms with Gasteiger partial charge in [0, 0.05) is 5.54 Å². The van der Waals surface area contributed by atoms with Crippen molar-refractivity contribution < 1.29 is 0 Å². The molecule has 1 aliphatic rings. The molecule has 0 aromatic heterocycles. The molecule has 1 aromatic rings. The molecule has 82 valence electrons. The van der Waals surface area contributed by atoms with E-state index in [9.17, 15) is 0 Å². The smallest absolute Gasteiger partial charge is 0.0420 e. The van der Waals surface area contributed by atoms with Gasteiger partial charge in [0.25, 0.3) is 0 Å². The fourth-order valence-electron chi connectivity index (χ4n) is 3.01. The van der Waals surface area contributed by atoms with E-state index in [2.05, 4.69) is 44.2 Å². The lowest BCUT2D eigenvalue weighted by Gasteiger charge is -2.54. The van der Waals surface area contributed by atoms with Gasteiger partial charge in [0.1, 0.15) is 0 Å². The van der Waals surface area contributed by atoms with Gasteiger partial charge in [0.2, 0.25) is 0 Å². The zero-order chi connectivity index (χ0) is 10.9. The Morgan fingerprint density at radius 3 is 2.07 bits per heavy atom. The molecule has 2 rings (SSSR count). The van der Waals surface area contributed by atoms with Crippen molar-refractivity contribution in [3.05, 3.63) is 35.9 Å². The third-order valence-electron chi connectivity index (χ3n) is 4.23. The highest BCUT2D eigenvalue weighted by Crippen LogP contribution is 2.56. The predicted molar refractivity (Wildman–Crippen MR) is 64.6 cm³/mol. The highest BCUT2D eigenvalue weighted by Gasteiger charge is 2.50. The highest BCUT2D eigenvalue weighted by atomic mass is 14.8. The lowest BCUT2D eigenvalue weighted by molar-refractivity contribution is 0.0166. The van der Waals surface area contributed by atoms with Crippen molar-refractivity contribution in [3.8, 4) is 0 Å². The second kappa shape index (κ2) is 3.64. The van der Waals surface area contributed by atoms with Crippen molar-refractivity contribution in [2.75, 3.05) is 0 Å². The summed E-state index contributed by atoms with van der Waals surface area (Å²) >= 11 is 0. The Labute approximate surface area is 92.7 Å². The third kappa shape index (κ3) is 1.69. The Morgan fingerprint density at radius 1 is 1.07 bits per heavy atom. The second-order valence-corrected chi connectivity index (χ2v) is 5.08. The molecule has 1 heteroatoms. The average molecular weight is 203 g/mol. The van der Waals surface area contributed by atoms with Crippen LogP contribution >= 0.6 is 0 Å². The number of nitrogens with two attached hydrogens (primary N) is 1. The molecule has 0 spiro atoms. The molecule has 1 saturated carbocycles. The molecule has 0 unspecified atom stereocenters. The van der Waals surface area contributed by atoms with Crippen LogP contribution in [0.4, 0.5) is 0 Å². The number of benzene rings is 1. The fourth-order valence-corrected chi connectivity index (χ4v) is 3.01. The van der Waals surface area contributed by atoms with Crippen molar-refractivity contribution in [1.29, 1.82) is 0 Å². The molecule has 0 atom stereocenters. The van der Waals surface area contributed by atoms with Crippen LogP contribution in [0.3, 0.4) is 0 Å². The highest BCUT2D eigenvalue weighted by molar-refractivity contribution is 5.28. The first-order valence-electron chi connectivity index (χ1n) is 5.98. The number of hydrogen-bond acceptors (Lipinski definition) is 1. The molecular formula is C14H21N. The zero-order valence-corrected chi connectivity index (χ0v) is 9.79. The molecule has 0 aliphatic heterocycles. The first-order chi connectivity index (χ1) is 7.14. The number of hydrogen-bond donors (Lipinski definition) is 1. The van der Waals surface area contributed by atoms with Gasteiger partial charge in [-0.3, -0.25) is 0 Å². The molecule has 0 bridgehead atoms. The summed E-state index contributed by atoms with van der Waals surface area (Å²) in [7, 11) is 0. The van der Waals surface area contributed by atoms with E-state index in [1.807, 2.05) is 0 Å². The summed E-state index contributed by atoms with van der Waals surface area (Å²) in [5.74, 6) is 0. The summed E-state index contributed by atoms with van der Waals surface area (Å²) in [6, 6.07) is 10.5. The van der Waals surface area contributed by atoms with Crippen molar-refractivity contribution in [2.45, 2.75) is 45.1 Å². The first-order valence-corrected chi connectivity index (χ1v) is 5.98. The van der Waals surface area contributed by atoms with Gasteiger partial charge in [-0.2, -0.15) is 0 Å². The summed E-state index contributed by atoms with van der Waals surface area (Å²) in [5, 5.41) is 0. The Balaban J connectivity index is 2.14. The summed E-state index contributed by atoms with van der Waals surface area (Å²) in [5.41, 5.74) is 8.23. The van der Waals surface area contributed by atoms with Crippen LogP contribution in [0.1, 0.15) is 45.1 Å². The van der Waals surface area contributed by atoms with Gasteiger partial charge in [-0.15, -0.1) is 0 Å². The fraction of sp³-hybridized carbons (Fsp3) is 0.571. The standard InChI is InChI=1S/C14H21N/c1-3-13(4-2)10-14(15,11-13)12-8-6-5-7-9-12/h5-9H,3-4,10-11,15H2,1-2H3. The molecule has 15 heavy (non-hydrogen) atoms. The Morgan fingerprint density at radius 2 is 1.60 bits per heavy atom. The van der Waals surface area contributed by atoms with Crippen LogP contribution in [0.25, 0.3) is 0 Å². The molecule has 0 saturated heterocycles. The van der Waals surface area contributed by atoms with Gasteiger partial charge in [-0.25, -0.2) is 0 Å². The quantitative estimate of drug-likeness (QED) is 0.800. The summed E-state index contributed by atoms with van der Waals surface area (Å²) in [6.45, 7) is 4.57. The SMILES string of the molecule is CCC1(CC)CC(N)(c2ccccc2)C1. The molecule has 1 fully saturated rings. The van der Waals surface area contributed by atoms with E-state index in [0.29, 0.717) is 5.41 Å². The van der Waals surface area contributed by atoms with Crippen LogP contribution in [-0.2, 0) is 5.54 Å². The first kappa shape index (κ1) is 10.7. The monoisotopic (exact) mass is 203 g/mol. The normalized spacial score (nSPS) is 22.1. The molecule has 0 heterocycles. The minimum Gasteiger partial charge on any atom is -0.321 e. The maximum atomic E-state index is 6.45. The predicted octanol–water partition coefficient (Wildman–Crippen LogP) is 3.44. The van der Waals surface area contributed by atoms with Crippen molar-refractivity contribution >= 4 is 0 Å². The maximum Gasteiger partial charge on any atom is 0.0420 e. The molecule has 0 radical (unpaired) electrons. The number of rotatable bonds is 3. The second-order valence-electron chi connectivity index (χ2n) is 5.08. The Kier molecular flexibility index (Phi) is 2.59.